The van der Waals surface area contributed by atoms with Crippen molar-refractivity contribution in [1.29, 1.82) is 0 Å². The molecule has 6 heteroatoms. The summed E-state index contributed by atoms with van der Waals surface area (Å²) in [7, 11) is 0. The highest BCUT2D eigenvalue weighted by molar-refractivity contribution is 5.87. The molecule has 0 spiro atoms. The van der Waals surface area contributed by atoms with Crippen LogP contribution in [0.4, 0.5) is 5.82 Å². The second-order valence-electron chi connectivity index (χ2n) is 5.52. The number of aryl methyl sites for hydroxylation is 1. The highest BCUT2D eigenvalue weighted by Gasteiger charge is 2.30. The zero-order chi connectivity index (χ0) is 12.8. The molecule has 19 heavy (non-hydrogen) atoms. The fourth-order valence-corrected chi connectivity index (χ4v) is 3.28. The average molecular weight is 259 g/mol. The molecule has 0 aromatic carbocycles. The van der Waals surface area contributed by atoms with E-state index in [1.54, 1.807) is 6.33 Å². The van der Waals surface area contributed by atoms with Crippen LogP contribution >= 0.6 is 0 Å². The van der Waals surface area contributed by atoms with Gasteiger partial charge in [0.25, 0.3) is 5.71 Å². The molecule has 2 aliphatic rings. The van der Waals surface area contributed by atoms with Crippen LogP contribution < -0.4 is 10.2 Å². The molecule has 1 N–H and O–H groups in total. The maximum absolute atomic E-state index is 5.23. The Morgan fingerprint density at radius 3 is 3.11 bits per heavy atom. The van der Waals surface area contributed by atoms with Gasteiger partial charge in [0.05, 0.1) is 5.69 Å². The van der Waals surface area contributed by atoms with Crippen molar-refractivity contribution in [2.75, 3.05) is 18.0 Å². The van der Waals surface area contributed by atoms with Crippen LogP contribution in [0.15, 0.2) is 10.9 Å². The number of hydrogen-bond acceptors (Lipinski definition) is 6. The predicted octanol–water partition coefficient (Wildman–Crippen LogP) is 1.26. The van der Waals surface area contributed by atoms with Gasteiger partial charge < -0.3 is 14.7 Å². The molecule has 2 aromatic rings. The van der Waals surface area contributed by atoms with Crippen molar-refractivity contribution in [3.05, 3.63) is 12.0 Å². The molecule has 2 saturated heterocycles. The van der Waals surface area contributed by atoms with E-state index in [4.69, 9.17) is 4.52 Å². The number of nitrogens with zero attached hydrogens (tertiary/aromatic N) is 4. The van der Waals surface area contributed by atoms with Crippen molar-refractivity contribution in [3.8, 4) is 0 Å². The molecular weight excluding hydrogens is 242 g/mol. The lowest BCUT2D eigenvalue weighted by atomic mass is 10.1. The maximum Gasteiger partial charge on any atom is 0.263 e. The van der Waals surface area contributed by atoms with E-state index in [0.717, 1.165) is 30.0 Å². The molecule has 4 heterocycles. The van der Waals surface area contributed by atoms with E-state index >= 15 is 0 Å². The van der Waals surface area contributed by atoms with E-state index in [9.17, 15) is 0 Å². The van der Waals surface area contributed by atoms with Gasteiger partial charge in [-0.05, 0) is 26.2 Å². The van der Waals surface area contributed by atoms with Gasteiger partial charge in [0.15, 0.2) is 0 Å². The lowest BCUT2D eigenvalue weighted by Gasteiger charge is -2.25. The fourth-order valence-electron chi connectivity index (χ4n) is 3.28. The van der Waals surface area contributed by atoms with Crippen LogP contribution in [0.3, 0.4) is 0 Å². The first kappa shape index (κ1) is 11.2. The molecule has 2 aliphatic heterocycles. The van der Waals surface area contributed by atoms with Crippen LogP contribution in [0.2, 0.25) is 0 Å². The molecule has 2 aromatic heterocycles. The summed E-state index contributed by atoms with van der Waals surface area (Å²) in [6.07, 6.45) is 5.31. The van der Waals surface area contributed by atoms with Crippen molar-refractivity contribution in [2.45, 2.75) is 38.3 Å². The SMILES string of the molecule is Cc1noc2ncnc(N3CCC4CCC(C3)N4)c12. The third kappa shape index (κ3) is 1.78. The van der Waals surface area contributed by atoms with Crippen LogP contribution in [0.1, 0.15) is 25.0 Å². The zero-order valence-corrected chi connectivity index (χ0v) is 11.0. The van der Waals surface area contributed by atoms with E-state index in [-0.39, 0.29) is 0 Å². The second kappa shape index (κ2) is 4.16. The molecule has 0 amide bonds. The van der Waals surface area contributed by atoms with Gasteiger partial charge in [-0.25, -0.2) is 4.98 Å². The Labute approximate surface area is 111 Å². The van der Waals surface area contributed by atoms with Crippen LogP contribution in [0.5, 0.6) is 0 Å². The maximum atomic E-state index is 5.23. The van der Waals surface area contributed by atoms with E-state index in [1.807, 2.05) is 6.92 Å². The third-order valence-corrected chi connectivity index (χ3v) is 4.25. The van der Waals surface area contributed by atoms with Crippen molar-refractivity contribution < 1.29 is 4.52 Å². The molecule has 0 radical (unpaired) electrons. The van der Waals surface area contributed by atoms with Gasteiger partial charge in [-0.2, -0.15) is 4.98 Å². The summed E-state index contributed by atoms with van der Waals surface area (Å²) in [5, 5.41) is 8.65. The Morgan fingerprint density at radius 1 is 1.26 bits per heavy atom. The minimum Gasteiger partial charge on any atom is -0.354 e. The number of fused-ring (bicyclic) bond motifs is 3. The van der Waals surface area contributed by atoms with Crippen molar-refractivity contribution in [2.24, 2.45) is 0 Å². The quantitative estimate of drug-likeness (QED) is 0.831. The molecule has 2 bridgehead atoms. The highest BCUT2D eigenvalue weighted by Crippen LogP contribution is 2.29. The molecule has 0 saturated carbocycles. The molecule has 2 unspecified atom stereocenters. The summed E-state index contributed by atoms with van der Waals surface area (Å²) in [4.78, 5) is 11.0. The Morgan fingerprint density at radius 2 is 2.16 bits per heavy atom. The number of hydrogen-bond donors (Lipinski definition) is 1. The van der Waals surface area contributed by atoms with Crippen LogP contribution in [-0.4, -0.2) is 40.3 Å². The standard InChI is InChI=1S/C13H17N5O/c1-8-11-12(14-7-15-13(11)19-17-8)18-5-4-9-2-3-10(6-18)16-9/h7,9-10,16H,2-6H2,1H3. The Hall–Kier alpha value is -1.69. The first-order valence-corrected chi connectivity index (χ1v) is 6.89. The van der Waals surface area contributed by atoms with Crippen molar-refractivity contribution in [3.63, 3.8) is 0 Å². The number of rotatable bonds is 1. The van der Waals surface area contributed by atoms with Gasteiger partial charge in [0.1, 0.15) is 17.5 Å². The Kier molecular flexibility index (Phi) is 2.44. The van der Waals surface area contributed by atoms with Gasteiger partial charge in [0, 0.05) is 25.2 Å². The minimum absolute atomic E-state index is 0.581. The summed E-state index contributed by atoms with van der Waals surface area (Å²) in [5.74, 6) is 0.970. The number of aromatic nitrogens is 3. The molecule has 0 aliphatic carbocycles. The van der Waals surface area contributed by atoms with Gasteiger partial charge in [-0.1, -0.05) is 5.16 Å². The summed E-state index contributed by atoms with van der Waals surface area (Å²) in [5.41, 5.74) is 1.46. The van der Waals surface area contributed by atoms with E-state index < -0.39 is 0 Å². The van der Waals surface area contributed by atoms with Crippen LogP contribution in [-0.2, 0) is 0 Å². The lowest BCUT2D eigenvalue weighted by molar-refractivity contribution is 0.442. The summed E-state index contributed by atoms with van der Waals surface area (Å²) >= 11 is 0. The smallest absolute Gasteiger partial charge is 0.263 e. The van der Waals surface area contributed by atoms with Crippen LogP contribution in [0, 0.1) is 6.92 Å². The fraction of sp³-hybridized carbons (Fsp3) is 0.615. The normalized spacial score (nSPS) is 26.9. The zero-order valence-electron chi connectivity index (χ0n) is 11.0. The predicted molar refractivity (Wildman–Crippen MR) is 71.1 cm³/mol. The van der Waals surface area contributed by atoms with Crippen LogP contribution in [0.25, 0.3) is 11.1 Å². The molecule has 2 fully saturated rings. The Balaban J connectivity index is 1.75. The lowest BCUT2D eigenvalue weighted by Crippen LogP contribution is -2.35. The van der Waals surface area contributed by atoms with Gasteiger partial charge in [-0.3, -0.25) is 0 Å². The molecule has 100 valence electrons. The summed E-state index contributed by atoms with van der Waals surface area (Å²) in [6, 6.07) is 1.26. The topological polar surface area (TPSA) is 67.1 Å². The van der Waals surface area contributed by atoms with Crippen molar-refractivity contribution >= 4 is 16.9 Å². The first-order valence-electron chi connectivity index (χ1n) is 6.89. The van der Waals surface area contributed by atoms with E-state index in [2.05, 4.69) is 25.3 Å². The molecule has 6 nitrogen and oxygen atoms in total. The molecular formula is C13H17N5O. The molecule has 4 rings (SSSR count). The highest BCUT2D eigenvalue weighted by atomic mass is 16.5. The van der Waals surface area contributed by atoms with E-state index in [0.29, 0.717) is 17.8 Å². The minimum atomic E-state index is 0.581. The van der Waals surface area contributed by atoms with E-state index in [1.165, 1.54) is 19.3 Å². The molecule has 2 atom stereocenters. The van der Waals surface area contributed by atoms with Gasteiger partial charge >= 0.3 is 0 Å². The largest absolute Gasteiger partial charge is 0.354 e. The van der Waals surface area contributed by atoms with Gasteiger partial charge in [0.2, 0.25) is 0 Å². The summed E-state index contributed by atoms with van der Waals surface area (Å²) in [6.45, 7) is 3.99. The number of nitrogens with one attached hydrogen (secondary N) is 1. The number of anilines is 1. The summed E-state index contributed by atoms with van der Waals surface area (Å²) < 4.78 is 5.23. The van der Waals surface area contributed by atoms with Crippen molar-refractivity contribution in [1.82, 2.24) is 20.4 Å². The second-order valence-corrected chi connectivity index (χ2v) is 5.52. The monoisotopic (exact) mass is 259 g/mol. The Bertz CT molecular complexity index is 610. The average Bonchev–Trinajstić information content (AvgIpc) is 2.94. The van der Waals surface area contributed by atoms with Gasteiger partial charge in [-0.15, -0.1) is 0 Å². The third-order valence-electron chi connectivity index (χ3n) is 4.25. The first-order chi connectivity index (χ1) is 9.31.